The molecule has 0 amide bonds. The van der Waals surface area contributed by atoms with Crippen molar-refractivity contribution in [3.8, 4) is 16.9 Å². The molecule has 1 heterocycles. The largest absolute Gasteiger partial charge is 0.497 e. The minimum atomic E-state index is -3.62. The van der Waals surface area contributed by atoms with Gasteiger partial charge in [0, 0.05) is 12.4 Å². The lowest BCUT2D eigenvalue weighted by molar-refractivity contribution is 0.415. The molecule has 3 aromatic rings. The van der Waals surface area contributed by atoms with Crippen molar-refractivity contribution < 1.29 is 13.2 Å². The number of rotatable bonds is 5. The van der Waals surface area contributed by atoms with E-state index in [1.165, 1.54) is 3.97 Å². The molecule has 0 saturated carbocycles. The molecular formula is C21H25NO3SSi. The maximum atomic E-state index is 13.1. The highest BCUT2D eigenvalue weighted by Crippen LogP contribution is 2.26. The third-order valence-corrected chi connectivity index (χ3v) is 8.26. The first-order valence-electron chi connectivity index (χ1n) is 8.82. The Balaban J connectivity index is 2.15. The highest BCUT2D eigenvalue weighted by atomic mass is 32.2. The lowest BCUT2D eigenvalue weighted by Gasteiger charge is -2.17. The van der Waals surface area contributed by atoms with Crippen LogP contribution in [0.25, 0.3) is 11.1 Å². The monoisotopic (exact) mass is 399 g/mol. The first-order valence-corrected chi connectivity index (χ1v) is 13.8. The van der Waals surface area contributed by atoms with Crippen LogP contribution in [0, 0.1) is 6.92 Å². The van der Waals surface area contributed by atoms with Crippen LogP contribution in [0.5, 0.6) is 5.75 Å². The third-order valence-electron chi connectivity index (χ3n) is 4.61. The number of methoxy groups -OCH3 is 1. The van der Waals surface area contributed by atoms with Crippen molar-refractivity contribution in [2.75, 3.05) is 7.11 Å². The predicted molar refractivity (Wildman–Crippen MR) is 113 cm³/mol. The molecule has 0 fully saturated rings. The fourth-order valence-corrected chi connectivity index (χ4v) is 5.85. The zero-order chi connectivity index (χ0) is 19.8. The van der Waals surface area contributed by atoms with Gasteiger partial charge in [0.1, 0.15) is 5.75 Å². The van der Waals surface area contributed by atoms with E-state index in [1.54, 1.807) is 31.6 Å². The van der Waals surface area contributed by atoms with E-state index in [-0.39, 0.29) is 0 Å². The van der Waals surface area contributed by atoms with Gasteiger partial charge in [0.2, 0.25) is 0 Å². The summed E-state index contributed by atoms with van der Waals surface area (Å²) in [7, 11) is -3.76. The van der Waals surface area contributed by atoms with Crippen molar-refractivity contribution in [2.45, 2.75) is 31.5 Å². The molecule has 0 N–H and O–H groups in total. The molecule has 0 radical (unpaired) electrons. The van der Waals surface area contributed by atoms with Crippen LogP contribution in [0.3, 0.4) is 0 Å². The van der Waals surface area contributed by atoms with Gasteiger partial charge in [0.25, 0.3) is 10.0 Å². The summed E-state index contributed by atoms with van der Waals surface area (Å²) in [5, 5.41) is 1.11. The van der Waals surface area contributed by atoms with E-state index in [9.17, 15) is 8.42 Å². The lowest BCUT2D eigenvalue weighted by Crippen LogP contribution is -2.38. The Kier molecular flexibility index (Phi) is 5.05. The summed E-state index contributed by atoms with van der Waals surface area (Å²) < 4.78 is 32.9. The number of hydrogen-bond acceptors (Lipinski definition) is 3. The van der Waals surface area contributed by atoms with E-state index in [1.807, 2.05) is 43.3 Å². The second-order valence-corrected chi connectivity index (χ2v) is 14.6. The average molecular weight is 400 g/mol. The zero-order valence-corrected chi connectivity index (χ0v) is 18.2. The molecule has 0 atom stereocenters. The van der Waals surface area contributed by atoms with Crippen molar-refractivity contribution in [1.29, 1.82) is 0 Å². The van der Waals surface area contributed by atoms with Gasteiger partial charge < -0.3 is 4.74 Å². The van der Waals surface area contributed by atoms with E-state index in [2.05, 4.69) is 19.6 Å². The molecule has 0 spiro atoms. The normalized spacial score (nSPS) is 12.2. The number of benzene rings is 2. The molecule has 0 aliphatic rings. The molecule has 0 aliphatic carbocycles. The number of aryl methyl sites for hydroxylation is 1. The molecule has 0 saturated heterocycles. The molecule has 0 unspecified atom stereocenters. The lowest BCUT2D eigenvalue weighted by atomic mass is 10.1. The van der Waals surface area contributed by atoms with Crippen molar-refractivity contribution in [1.82, 2.24) is 3.97 Å². The molecule has 4 nitrogen and oxygen atoms in total. The summed E-state index contributed by atoms with van der Waals surface area (Å²) in [6.07, 6.45) is 3.53. The number of aromatic nitrogens is 1. The van der Waals surface area contributed by atoms with E-state index in [0.29, 0.717) is 4.90 Å². The Morgan fingerprint density at radius 1 is 0.889 bits per heavy atom. The van der Waals surface area contributed by atoms with Crippen LogP contribution >= 0.6 is 0 Å². The first kappa shape index (κ1) is 19.4. The molecule has 27 heavy (non-hydrogen) atoms. The van der Waals surface area contributed by atoms with Gasteiger partial charge in [0.05, 0.1) is 20.1 Å². The summed E-state index contributed by atoms with van der Waals surface area (Å²) in [5.74, 6) is 0.778. The summed E-state index contributed by atoms with van der Waals surface area (Å²) in [6, 6.07) is 14.7. The van der Waals surface area contributed by atoms with Crippen LogP contribution in [0.2, 0.25) is 19.6 Å². The highest BCUT2D eigenvalue weighted by molar-refractivity contribution is 7.90. The van der Waals surface area contributed by atoms with Crippen LogP contribution in [0.1, 0.15) is 5.56 Å². The van der Waals surface area contributed by atoms with E-state index in [0.717, 1.165) is 27.6 Å². The van der Waals surface area contributed by atoms with E-state index in [4.69, 9.17) is 4.74 Å². The summed E-state index contributed by atoms with van der Waals surface area (Å²) in [6.45, 7) is 8.60. The van der Waals surface area contributed by atoms with Gasteiger partial charge in [-0.3, -0.25) is 0 Å². The Hall–Kier alpha value is -2.31. The van der Waals surface area contributed by atoms with E-state index >= 15 is 0 Å². The minimum absolute atomic E-state index is 0.298. The highest BCUT2D eigenvalue weighted by Gasteiger charge is 2.26. The van der Waals surface area contributed by atoms with Gasteiger partial charge in [0.15, 0.2) is 0 Å². The Morgan fingerprint density at radius 2 is 1.48 bits per heavy atom. The molecule has 142 valence electrons. The second kappa shape index (κ2) is 7.02. The molecular weight excluding hydrogens is 374 g/mol. The molecule has 0 aliphatic heterocycles. The van der Waals surface area contributed by atoms with Crippen molar-refractivity contribution in [3.05, 3.63) is 66.5 Å². The maximum Gasteiger partial charge on any atom is 0.267 e. The molecule has 2 aromatic carbocycles. The van der Waals surface area contributed by atoms with Gasteiger partial charge in [-0.15, -0.1) is 0 Å². The maximum absolute atomic E-state index is 13.1. The topological polar surface area (TPSA) is 48.3 Å². The summed E-state index contributed by atoms with van der Waals surface area (Å²) in [4.78, 5) is 0.298. The summed E-state index contributed by atoms with van der Waals surface area (Å²) in [5.41, 5.74) is 2.99. The Labute approximate surface area is 162 Å². The fraction of sp³-hybridized carbons (Fsp3) is 0.238. The molecule has 0 bridgehead atoms. The van der Waals surface area contributed by atoms with Gasteiger partial charge in [-0.2, -0.15) is 0 Å². The minimum Gasteiger partial charge on any atom is -0.497 e. The van der Waals surface area contributed by atoms with Crippen LogP contribution in [0.15, 0.2) is 65.8 Å². The average Bonchev–Trinajstić information content (AvgIpc) is 3.09. The number of nitrogens with zero attached hydrogens (tertiary/aromatic N) is 1. The summed E-state index contributed by atoms with van der Waals surface area (Å²) >= 11 is 0. The molecule has 3 rings (SSSR count). The van der Waals surface area contributed by atoms with Crippen LogP contribution in [-0.2, 0) is 10.0 Å². The van der Waals surface area contributed by atoms with Gasteiger partial charge in [-0.1, -0.05) is 49.5 Å². The predicted octanol–water partition coefficient (Wildman–Crippen LogP) is 4.25. The Morgan fingerprint density at radius 3 is 2.00 bits per heavy atom. The van der Waals surface area contributed by atoms with Crippen LogP contribution in [0.4, 0.5) is 0 Å². The SMILES string of the molecule is COc1ccc(-c2cn(S(=O)(=O)c3ccc(C)cc3)cc2[Si](C)(C)C)cc1. The van der Waals surface area contributed by atoms with Crippen LogP contribution in [-0.4, -0.2) is 27.6 Å². The van der Waals surface area contributed by atoms with Crippen LogP contribution < -0.4 is 9.92 Å². The van der Waals surface area contributed by atoms with Crippen molar-refractivity contribution >= 4 is 23.3 Å². The number of hydrogen-bond donors (Lipinski definition) is 0. The van der Waals surface area contributed by atoms with Crippen molar-refractivity contribution in [2.24, 2.45) is 0 Å². The first-order chi connectivity index (χ1) is 12.6. The standard InChI is InChI=1S/C21H25NO3SSi/c1-16-6-12-19(13-7-16)26(23,24)22-14-20(21(15-22)27(3,4)5)17-8-10-18(25-2)11-9-17/h6-15H,1-5H3. The van der Waals surface area contributed by atoms with Crippen molar-refractivity contribution in [3.63, 3.8) is 0 Å². The van der Waals surface area contributed by atoms with Gasteiger partial charge >= 0.3 is 0 Å². The van der Waals surface area contributed by atoms with Gasteiger partial charge in [-0.25, -0.2) is 12.4 Å². The smallest absolute Gasteiger partial charge is 0.267 e. The Bertz CT molecular complexity index is 1040. The van der Waals surface area contributed by atoms with E-state index < -0.39 is 18.1 Å². The van der Waals surface area contributed by atoms with Gasteiger partial charge in [-0.05, 0) is 47.5 Å². The fourth-order valence-electron chi connectivity index (χ4n) is 3.00. The molecule has 6 heteroatoms. The third kappa shape index (κ3) is 3.87. The second-order valence-electron chi connectivity index (χ2n) is 7.71. The number of ether oxygens (including phenoxy) is 1. The molecule has 1 aromatic heterocycles. The zero-order valence-electron chi connectivity index (χ0n) is 16.4. The quantitative estimate of drug-likeness (QED) is 0.603.